The number of terminal acetylenes is 1. The van der Waals surface area contributed by atoms with Crippen LogP contribution in [-0.4, -0.2) is 18.9 Å². The van der Waals surface area contributed by atoms with Crippen LogP contribution in [0.5, 0.6) is 0 Å². The number of hydrogen-bond acceptors (Lipinski definition) is 2. The summed E-state index contributed by atoms with van der Waals surface area (Å²) in [5, 5.41) is 0. The Bertz CT molecular complexity index is 401. The van der Waals surface area contributed by atoms with Crippen molar-refractivity contribution < 1.29 is 4.74 Å². The van der Waals surface area contributed by atoms with Crippen molar-refractivity contribution in [1.29, 1.82) is 0 Å². The Morgan fingerprint density at radius 2 is 2.06 bits per heavy atom. The summed E-state index contributed by atoms with van der Waals surface area (Å²) in [5.41, 5.74) is 3.33. The molecular formula is C14H17NO. The first-order valence-corrected chi connectivity index (χ1v) is 5.54. The average molecular weight is 215 g/mol. The van der Waals surface area contributed by atoms with Gasteiger partial charge in [-0.2, -0.15) is 0 Å². The second kappa shape index (κ2) is 6.81. The number of ether oxygens (including phenoxy) is 1. The normalized spacial score (nSPS) is 15.7. The van der Waals surface area contributed by atoms with Crippen LogP contribution < -0.4 is 0 Å². The second-order valence-electron chi connectivity index (χ2n) is 3.12. The highest BCUT2D eigenvalue weighted by molar-refractivity contribution is 6.03. The lowest BCUT2D eigenvalue weighted by Gasteiger charge is -2.17. The maximum atomic E-state index is 5.41. The highest BCUT2D eigenvalue weighted by atomic mass is 16.5. The molecule has 0 atom stereocenters. The van der Waals surface area contributed by atoms with Gasteiger partial charge in [-0.1, -0.05) is 44.0 Å². The highest BCUT2D eigenvalue weighted by Crippen LogP contribution is 2.16. The van der Waals surface area contributed by atoms with E-state index >= 15 is 0 Å². The number of rotatable bonds is 1. The minimum absolute atomic E-state index is 0.424. The van der Waals surface area contributed by atoms with Crippen LogP contribution >= 0.6 is 0 Å². The first kappa shape index (κ1) is 12.5. The Kier molecular flexibility index (Phi) is 5.31. The molecule has 0 saturated heterocycles. The summed E-state index contributed by atoms with van der Waals surface area (Å²) in [5.74, 6) is 2.50. The smallest absolute Gasteiger partial charge is 0.0999 e. The second-order valence-corrected chi connectivity index (χ2v) is 3.12. The number of benzene rings is 1. The maximum Gasteiger partial charge on any atom is 0.0999 e. The molecule has 0 spiro atoms. The van der Waals surface area contributed by atoms with Crippen LogP contribution in [-0.2, 0) is 11.3 Å². The van der Waals surface area contributed by atoms with Gasteiger partial charge < -0.3 is 4.74 Å². The van der Waals surface area contributed by atoms with Gasteiger partial charge >= 0.3 is 0 Å². The Morgan fingerprint density at radius 1 is 1.31 bits per heavy atom. The SMILES string of the molecule is C#CCN=C1COCc2ccccc21.CC. The summed E-state index contributed by atoms with van der Waals surface area (Å²) in [4.78, 5) is 4.30. The first-order valence-electron chi connectivity index (χ1n) is 5.54. The van der Waals surface area contributed by atoms with Crippen molar-refractivity contribution in [2.45, 2.75) is 20.5 Å². The molecule has 0 fully saturated rings. The average Bonchev–Trinajstić information content (AvgIpc) is 2.38. The van der Waals surface area contributed by atoms with Gasteiger partial charge in [-0.3, -0.25) is 4.99 Å². The van der Waals surface area contributed by atoms with Gasteiger partial charge in [0.2, 0.25) is 0 Å². The van der Waals surface area contributed by atoms with Crippen molar-refractivity contribution in [3.8, 4) is 12.3 Å². The molecule has 0 saturated carbocycles. The Morgan fingerprint density at radius 3 is 2.81 bits per heavy atom. The lowest BCUT2D eigenvalue weighted by atomic mass is 10.0. The molecule has 0 aliphatic carbocycles. The fourth-order valence-corrected chi connectivity index (χ4v) is 1.54. The van der Waals surface area contributed by atoms with E-state index in [9.17, 15) is 0 Å². The zero-order valence-electron chi connectivity index (χ0n) is 9.86. The van der Waals surface area contributed by atoms with Crippen LogP contribution in [0.2, 0.25) is 0 Å². The van der Waals surface area contributed by atoms with Crippen LogP contribution in [0, 0.1) is 12.3 Å². The molecule has 2 nitrogen and oxygen atoms in total. The van der Waals surface area contributed by atoms with Gasteiger partial charge in [-0.05, 0) is 5.56 Å². The van der Waals surface area contributed by atoms with E-state index in [1.807, 2.05) is 26.0 Å². The van der Waals surface area contributed by atoms with Gasteiger partial charge in [0.15, 0.2) is 0 Å². The van der Waals surface area contributed by atoms with E-state index in [1.165, 1.54) is 11.1 Å². The van der Waals surface area contributed by atoms with Gasteiger partial charge in [-0.25, -0.2) is 0 Å². The molecule has 0 amide bonds. The number of aliphatic imine (C=N–C) groups is 1. The maximum absolute atomic E-state index is 5.41. The van der Waals surface area contributed by atoms with Gasteiger partial charge in [0, 0.05) is 5.56 Å². The molecule has 1 aromatic rings. The van der Waals surface area contributed by atoms with E-state index in [0.29, 0.717) is 19.8 Å². The molecule has 1 aromatic carbocycles. The molecule has 0 bridgehead atoms. The quantitative estimate of drug-likeness (QED) is 0.660. The predicted molar refractivity (Wildman–Crippen MR) is 67.7 cm³/mol. The van der Waals surface area contributed by atoms with Crippen molar-refractivity contribution in [3.63, 3.8) is 0 Å². The monoisotopic (exact) mass is 215 g/mol. The molecule has 1 heterocycles. The van der Waals surface area contributed by atoms with Crippen molar-refractivity contribution in [1.82, 2.24) is 0 Å². The Balaban J connectivity index is 0.000000606. The van der Waals surface area contributed by atoms with E-state index in [0.717, 1.165) is 5.71 Å². The van der Waals surface area contributed by atoms with Gasteiger partial charge in [-0.15, -0.1) is 6.42 Å². The molecule has 1 aliphatic heterocycles. The number of hydrogen-bond donors (Lipinski definition) is 0. The van der Waals surface area contributed by atoms with E-state index in [1.54, 1.807) is 0 Å². The molecule has 0 unspecified atom stereocenters. The van der Waals surface area contributed by atoms with Crippen LogP contribution in [0.25, 0.3) is 0 Å². The molecule has 2 rings (SSSR count). The Hall–Kier alpha value is -1.59. The molecule has 84 valence electrons. The van der Waals surface area contributed by atoms with Gasteiger partial charge in [0.1, 0.15) is 0 Å². The third kappa shape index (κ3) is 2.95. The molecule has 1 aliphatic rings. The molecule has 16 heavy (non-hydrogen) atoms. The van der Waals surface area contributed by atoms with Crippen molar-refractivity contribution >= 4 is 5.71 Å². The third-order valence-corrected chi connectivity index (χ3v) is 2.19. The van der Waals surface area contributed by atoms with Gasteiger partial charge in [0.25, 0.3) is 0 Å². The van der Waals surface area contributed by atoms with Gasteiger partial charge in [0.05, 0.1) is 25.5 Å². The largest absolute Gasteiger partial charge is 0.370 e. The van der Waals surface area contributed by atoms with Crippen molar-refractivity contribution in [3.05, 3.63) is 35.4 Å². The molecule has 2 heteroatoms. The summed E-state index contributed by atoms with van der Waals surface area (Å²) < 4.78 is 5.41. The minimum Gasteiger partial charge on any atom is -0.370 e. The van der Waals surface area contributed by atoms with E-state index < -0.39 is 0 Å². The zero-order valence-corrected chi connectivity index (χ0v) is 9.86. The molecule has 0 N–H and O–H groups in total. The summed E-state index contributed by atoms with van der Waals surface area (Å²) in [7, 11) is 0. The van der Waals surface area contributed by atoms with E-state index in [4.69, 9.17) is 11.2 Å². The summed E-state index contributed by atoms with van der Waals surface area (Å²) in [6, 6.07) is 8.13. The Labute approximate surface area is 97.4 Å². The van der Waals surface area contributed by atoms with E-state index in [2.05, 4.69) is 23.0 Å². The van der Waals surface area contributed by atoms with E-state index in [-0.39, 0.29) is 0 Å². The van der Waals surface area contributed by atoms with Crippen LogP contribution in [0.1, 0.15) is 25.0 Å². The van der Waals surface area contributed by atoms with Crippen LogP contribution in [0.15, 0.2) is 29.3 Å². The zero-order chi connectivity index (χ0) is 11.8. The number of nitrogens with zero attached hydrogens (tertiary/aromatic N) is 1. The topological polar surface area (TPSA) is 21.6 Å². The highest BCUT2D eigenvalue weighted by Gasteiger charge is 2.14. The standard InChI is InChI=1S/C12H11NO.C2H6/c1-2-7-13-12-9-14-8-10-5-3-4-6-11(10)12;1-2/h1,3-6H,7-9H2;1-2H3. The number of fused-ring (bicyclic) bond motifs is 1. The fraction of sp³-hybridized carbons (Fsp3) is 0.357. The fourth-order valence-electron chi connectivity index (χ4n) is 1.54. The minimum atomic E-state index is 0.424. The first-order chi connectivity index (χ1) is 7.92. The van der Waals surface area contributed by atoms with Crippen LogP contribution in [0.4, 0.5) is 0 Å². The lowest BCUT2D eigenvalue weighted by Crippen LogP contribution is -2.19. The molecule has 0 aromatic heterocycles. The predicted octanol–water partition coefficient (Wildman–Crippen LogP) is 2.67. The molecular weight excluding hydrogens is 198 g/mol. The third-order valence-electron chi connectivity index (χ3n) is 2.19. The van der Waals surface area contributed by atoms with Crippen molar-refractivity contribution in [2.24, 2.45) is 4.99 Å². The lowest BCUT2D eigenvalue weighted by molar-refractivity contribution is 0.152. The van der Waals surface area contributed by atoms with Crippen LogP contribution in [0.3, 0.4) is 0 Å². The summed E-state index contributed by atoms with van der Waals surface area (Å²) in [6.45, 7) is 5.66. The summed E-state index contributed by atoms with van der Waals surface area (Å²) >= 11 is 0. The van der Waals surface area contributed by atoms with Crippen molar-refractivity contribution in [2.75, 3.05) is 13.2 Å². The molecule has 0 radical (unpaired) electrons. The summed E-state index contributed by atoms with van der Waals surface area (Å²) in [6.07, 6.45) is 5.17.